The van der Waals surface area contributed by atoms with Crippen LogP contribution in [0, 0.1) is 0 Å². The molecule has 106 valence electrons. The minimum absolute atomic E-state index is 0.544. The molecule has 0 amide bonds. The second-order valence-corrected chi connectivity index (χ2v) is 5.95. The first kappa shape index (κ1) is 12.9. The van der Waals surface area contributed by atoms with E-state index in [2.05, 4.69) is 17.1 Å². The van der Waals surface area contributed by atoms with Crippen LogP contribution in [-0.2, 0) is 12.1 Å². The summed E-state index contributed by atoms with van der Waals surface area (Å²) < 4.78 is 0. The standard InChI is InChI=1S/C17H15ClN2O/c18-14-6-3-5-13(10-14)17(21)11-12-4-1-2-7-15(12)16-19-8-9-20(16)17/h1-7,10,21H,8-9,11H2. The highest BCUT2D eigenvalue weighted by molar-refractivity contribution is 6.30. The van der Waals surface area contributed by atoms with Crippen molar-refractivity contribution in [1.82, 2.24) is 4.90 Å². The van der Waals surface area contributed by atoms with E-state index >= 15 is 0 Å². The molecular weight excluding hydrogens is 284 g/mol. The summed E-state index contributed by atoms with van der Waals surface area (Å²) >= 11 is 6.11. The van der Waals surface area contributed by atoms with E-state index in [4.69, 9.17) is 11.6 Å². The Morgan fingerprint density at radius 2 is 2.00 bits per heavy atom. The molecule has 0 aromatic heterocycles. The predicted molar refractivity (Wildman–Crippen MR) is 83.6 cm³/mol. The van der Waals surface area contributed by atoms with E-state index in [0.29, 0.717) is 18.0 Å². The van der Waals surface area contributed by atoms with Crippen LogP contribution in [0.5, 0.6) is 0 Å². The minimum Gasteiger partial charge on any atom is -0.366 e. The molecule has 0 saturated carbocycles. The number of hydrogen-bond acceptors (Lipinski definition) is 3. The summed E-state index contributed by atoms with van der Waals surface area (Å²) in [5, 5.41) is 12.0. The molecule has 2 heterocycles. The molecule has 2 aromatic carbocycles. The maximum absolute atomic E-state index is 11.4. The van der Waals surface area contributed by atoms with Crippen molar-refractivity contribution in [2.75, 3.05) is 13.1 Å². The van der Waals surface area contributed by atoms with Gasteiger partial charge in [0.2, 0.25) is 0 Å². The van der Waals surface area contributed by atoms with Crippen LogP contribution in [0.4, 0.5) is 0 Å². The molecule has 0 fully saturated rings. The number of nitrogens with zero attached hydrogens (tertiary/aromatic N) is 2. The molecule has 0 spiro atoms. The molecule has 0 bridgehead atoms. The third kappa shape index (κ3) is 1.88. The van der Waals surface area contributed by atoms with Crippen molar-refractivity contribution in [2.24, 2.45) is 4.99 Å². The lowest BCUT2D eigenvalue weighted by Crippen LogP contribution is -2.53. The third-order valence-corrected chi connectivity index (χ3v) is 4.50. The molecular formula is C17H15ClN2O. The van der Waals surface area contributed by atoms with Gasteiger partial charge in [0.05, 0.1) is 6.54 Å². The van der Waals surface area contributed by atoms with E-state index in [9.17, 15) is 5.11 Å². The Hall–Kier alpha value is -1.84. The SMILES string of the molecule is OC1(c2cccc(Cl)c2)Cc2ccccc2C2=NCCN21. The van der Waals surface area contributed by atoms with Gasteiger partial charge in [-0.15, -0.1) is 0 Å². The minimum atomic E-state index is -1.07. The lowest BCUT2D eigenvalue weighted by Gasteiger charge is -2.43. The monoisotopic (exact) mass is 298 g/mol. The van der Waals surface area contributed by atoms with Gasteiger partial charge in [-0.05, 0) is 17.7 Å². The van der Waals surface area contributed by atoms with E-state index < -0.39 is 5.72 Å². The van der Waals surface area contributed by atoms with E-state index in [1.165, 1.54) is 0 Å². The number of rotatable bonds is 1. The first-order valence-electron chi connectivity index (χ1n) is 7.07. The zero-order valence-electron chi connectivity index (χ0n) is 11.5. The maximum atomic E-state index is 11.4. The van der Waals surface area contributed by atoms with Crippen molar-refractivity contribution in [3.63, 3.8) is 0 Å². The van der Waals surface area contributed by atoms with Crippen molar-refractivity contribution < 1.29 is 5.11 Å². The molecule has 1 atom stereocenters. The highest BCUT2D eigenvalue weighted by Gasteiger charge is 2.44. The van der Waals surface area contributed by atoms with E-state index in [0.717, 1.165) is 29.1 Å². The van der Waals surface area contributed by atoms with Crippen LogP contribution in [0.2, 0.25) is 5.02 Å². The zero-order valence-corrected chi connectivity index (χ0v) is 12.2. The summed E-state index contributed by atoms with van der Waals surface area (Å²) in [6.07, 6.45) is 0.544. The molecule has 1 N–H and O–H groups in total. The number of halogens is 1. The average Bonchev–Trinajstić information content (AvgIpc) is 2.98. The van der Waals surface area contributed by atoms with Crippen molar-refractivity contribution in [3.8, 4) is 0 Å². The van der Waals surface area contributed by atoms with Crippen molar-refractivity contribution >= 4 is 17.4 Å². The molecule has 4 rings (SSSR count). The number of hydrogen-bond donors (Lipinski definition) is 1. The molecule has 0 radical (unpaired) electrons. The van der Waals surface area contributed by atoms with Crippen LogP contribution in [-0.4, -0.2) is 28.9 Å². The van der Waals surface area contributed by atoms with Gasteiger partial charge in [0, 0.05) is 29.1 Å². The molecule has 2 aliphatic heterocycles. The van der Waals surface area contributed by atoms with Gasteiger partial charge in [-0.3, -0.25) is 4.99 Å². The summed E-state index contributed by atoms with van der Waals surface area (Å²) in [6.45, 7) is 1.44. The number of amidine groups is 1. The molecule has 2 aromatic rings. The lowest BCUT2D eigenvalue weighted by atomic mass is 9.86. The molecule has 4 heteroatoms. The molecule has 2 aliphatic rings. The van der Waals surface area contributed by atoms with Gasteiger partial charge in [-0.1, -0.05) is 48.0 Å². The quantitative estimate of drug-likeness (QED) is 0.879. The largest absolute Gasteiger partial charge is 0.366 e. The van der Waals surface area contributed by atoms with E-state index in [1.54, 1.807) is 0 Å². The van der Waals surface area contributed by atoms with Gasteiger partial charge in [-0.25, -0.2) is 0 Å². The van der Waals surface area contributed by atoms with Gasteiger partial charge in [-0.2, -0.15) is 0 Å². The molecule has 3 nitrogen and oxygen atoms in total. The van der Waals surface area contributed by atoms with Gasteiger partial charge in [0.25, 0.3) is 0 Å². The highest BCUT2D eigenvalue weighted by Crippen LogP contribution is 2.39. The maximum Gasteiger partial charge on any atom is 0.169 e. The molecule has 0 saturated heterocycles. The van der Waals surface area contributed by atoms with Gasteiger partial charge in [0.15, 0.2) is 5.72 Å². The van der Waals surface area contributed by atoms with Crippen LogP contribution < -0.4 is 0 Å². The Balaban J connectivity index is 1.90. The van der Waals surface area contributed by atoms with Crippen LogP contribution in [0.15, 0.2) is 53.5 Å². The Bertz CT molecular complexity index is 743. The predicted octanol–water partition coefficient (Wildman–Crippen LogP) is 2.80. The van der Waals surface area contributed by atoms with Gasteiger partial charge >= 0.3 is 0 Å². The average molecular weight is 299 g/mol. The van der Waals surface area contributed by atoms with Crippen molar-refractivity contribution in [3.05, 3.63) is 70.2 Å². The van der Waals surface area contributed by atoms with Crippen LogP contribution in [0.3, 0.4) is 0 Å². The fraction of sp³-hybridized carbons (Fsp3) is 0.235. The lowest BCUT2D eigenvalue weighted by molar-refractivity contribution is -0.0745. The second kappa shape index (κ2) is 4.58. The second-order valence-electron chi connectivity index (χ2n) is 5.52. The smallest absolute Gasteiger partial charge is 0.169 e. The summed E-state index contributed by atoms with van der Waals surface area (Å²) in [7, 11) is 0. The van der Waals surface area contributed by atoms with Crippen LogP contribution in [0.25, 0.3) is 0 Å². The Labute approximate surface area is 128 Å². The van der Waals surface area contributed by atoms with Gasteiger partial charge in [0.1, 0.15) is 5.84 Å². The third-order valence-electron chi connectivity index (χ3n) is 4.27. The summed E-state index contributed by atoms with van der Waals surface area (Å²) in [6, 6.07) is 15.6. The number of fused-ring (bicyclic) bond motifs is 3. The topological polar surface area (TPSA) is 35.8 Å². The van der Waals surface area contributed by atoms with Crippen LogP contribution in [0.1, 0.15) is 16.7 Å². The number of benzene rings is 2. The Morgan fingerprint density at radius 3 is 2.86 bits per heavy atom. The molecule has 21 heavy (non-hydrogen) atoms. The first-order chi connectivity index (χ1) is 10.2. The Morgan fingerprint density at radius 1 is 1.14 bits per heavy atom. The number of aliphatic imine (C=N–C) groups is 1. The Kier molecular flexibility index (Phi) is 2.81. The first-order valence-corrected chi connectivity index (χ1v) is 7.45. The van der Waals surface area contributed by atoms with Crippen LogP contribution >= 0.6 is 11.6 Å². The van der Waals surface area contributed by atoms with E-state index in [-0.39, 0.29) is 0 Å². The molecule has 0 aliphatic carbocycles. The summed E-state index contributed by atoms with van der Waals surface area (Å²) in [5.74, 6) is 0.888. The van der Waals surface area contributed by atoms with Gasteiger partial charge < -0.3 is 10.0 Å². The summed E-state index contributed by atoms with van der Waals surface area (Å²) in [5.41, 5.74) is 1.99. The molecule has 1 unspecified atom stereocenters. The van der Waals surface area contributed by atoms with Crippen molar-refractivity contribution in [1.29, 1.82) is 0 Å². The van der Waals surface area contributed by atoms with E-state index in [1.807, 2.05) is 41.3 Å². The normalized spacial score (nSPS) is 23.5. The summed E-state index contributed by atoms with van der Waals surface area (Å²) in [4.78, 5) is 6.59. The fourth-order valence-electron chi connectivity index (χ4n) is 3.29. The van der Waals surface area contributed by atoms with Crippen molar-refractivity contribution in [2.45, 2.75) is 12.1 Å². The number of aliphatic hydroxyl groups is 1. The fourth-order valence-corrected chi connectivity index (χ4v) is 3.48. The zero-order chi connectivity index (χ0) is 14.4. The highest BCUT2D eigenvalue weighted by atomic mass is 35.5.